The largest absolute Gasteiger partial charge is 0.497 e. The van der Waals surface area contributed by atoms with Gasteiger partial charge >= 0.3 is 0 Å². The van der Waals surface area contributed by atoms with E-state index in [0.29, 0.717) is 0 Å². The van der Waals surface area contributed by atoms with Gasteiger partial charge in [-0.05, 0) is 60.6 Å². The highest BCUT2D eigenvalue weighted by Crippen LogP contribution is 2.16. The molecule has 0 aliphatic heterocycles. The quantitative estimate of drug-likeness (QED) is 0.786. The molecule has 0 fully saturated rings. The molecule has 18 heavy (non-hydrogen) atoms. The van der Waals surface area contributed by atoms with Crippen molar-refractivity contribution in [1.29, 1.82) is 0 Å². The lowest BCUT2D eigenvalue weighted by atomic mass is 10.1. The first-order valence-corrected chi connectivity index (χ1v) is 7.02. The SMILES string of the molecule is COc1ccc(CCn2nc(C)c(I)c2C)cc1. The van der Waals surface area contributed by atoms with Crippen LogP contribution in [0.2, 0.25) is 0 Å². The lowest BCUT2D eigenvalue weighted by molar-refractivity contribution is 0.414. The molecule has 4 heteroatoms. The highest BCUT2D eigenvalue weighted by atomic mass is 127. The first-order valence-electron chi connectivity index (χ1n) is 5.94. The van der Waals surface area contributed by atoms with Crippen molar-refractivity contribution in [1.82, 2.24) is 9.78 Å². The van der Waals surface area contributed by atoms with Crippen LogP contribution in [0.25, 0.3) is 0 Å². The van der Waals surface area contributed by atoms with Gasteiger partial charge in [0.25, 0.3) is 0 Å². The van der Waals surface area contributed by atoms with Crippen molar-refractivity contribution in [2.75, 3.05) is 7.11 Å². The highest BCUT2D eigenvalue weighted by Gasteiger charge is 2.08. The molecule has 96 valence electrons. The van der Waals surface area contributed by atoms with Crippen molar-refractivity contribution in [3.63, 3.8) is 0 Å². The molecule has 0 radical (unpaired) electrons. The summed E-state index contributed by atoms with van der Waals surface area (Å²) in [5, 5.41) is 4.54. The van der Waals surface area contributed by atoms with E-state index in [1.807, 2.05) is 12.1 Å². The molecule has 0 unspecified atom stereocenters. The van der Waals surface area contributed by atoms with Gasteiger partial charge in [-0.25, -0.2) is 0 Å². The minimum absolute atomic E-state index is 0.902. The fraction of sp³-hybridized carbons (Fsp3) is 0.357. The van der Waals surface area contributed by atoms with E-state index < -0.39 is 0 Å². The number of halogens is 1. The van der Waals surface area contributed by atoms with Crippen LogP contribution in [0.3, 0.4) is 0 Å². The first-order chi connectivity index (χ1) is 8.61. The molecule has 0 N–H and O–H groups in total. The Kier molecular flexibility index (Phi) is 4.27. The normalized spacial score (nSPS) is 10.7. The van der Waals surface area contributed by atoms with Gasteiger partial charge in [0.15, 0.2) is 0 Å². The van der Waals surface area contributed by atoms with Crippen LogP contribution in [0.5, 0.6) is 5.75 Å². The van der Waals surface area contributed by atoms with Crippen molar-refractivity contribution >= 4 is 22.6 Å². The number of aryl methyl sites for hydroxylation is 3. The Hall–Kier alpha value is -1.04. The van der Waals surface area contributed by atoms with Crippen LogP contribution < -0.4 is 4.74 Å². The molecule has 0 bridgehead atoms. The predicted molar refractivity (Wildman–Crippen MR) is 81.1 cm³/mol. The zero-order valence-corrected chi connectivity index (χ0v) is 13.1. The topological polar surface area (TPSA) is 27.1 Å². The molecule has 2 rings (SSSR count). The molecule has 1 aromatic heterocycles. The van der Waals surface area contributed by atoms with Gasteiger partial charge in [-0.15, -0.1) is 0 Å². The smallest absolute Gasteiger partial charge is 0.118 e. The molecular formula is C14H17IN2O. The summed E-state index contributed by atoms with van der Waals surface area (Å²) in [5.41, 5.74) is 3.67. The summed E-state index contributed by atoms with van der Waals surface area (Å²) in [6.45, 7) is 5.09. The molecule has 0 amide bonds. The van der Waals surface area contributed by atoms with Crippen LogP contribution in [-0.2, 0) is 13.0 Å². The zero-order valence-electron chi connectivity index (χ0n) is 10.9. The number of benzene rings is 1. The van der Waals surface area contributed by atoms with E-state index in [2.05, 4.69) is 58.4 Å². The van der Waals surface area contributed by atoms with Crippen LogP contribution in [0, 0.1) is 17.4 Å². The van der Waals surface area contributed by atoms with E-state index in [0.717, 1.165) is 24.4 Å². The summed E-state index contributed by atoms with van der Waals surface area (Å²) in [6.07, 6.45) is 0.988. The Bertz CT molecular complexity index is 531. The van der Waals surface area contributed by atoms with E-state index in [1.165, 1.54) is 14.8 Å². The number of hydrogen-bond donors (Lipinski definition) is 0. The lowest BCUT2D eigenvalue weighted by Crippen LogP contribution is -2.05. The van der Waals surface area contributed by atoms with Crippen molar-refractivity contribution in [3.05, 3.63) is 44.8 Å². The van der Waals surface area contributed by atoms with Gasteiger partial charge in [-0.1, -0.05) is 12.1 Å². The Balaban J connectivity index is 2.04. The third-order valence-electron chi connectivity index (χ3n) is 3.06. The summed E-state index contributed by atoms with van der Waals surface area (Å²) < 4.78 is 8.50. The molecule has 0 saturated heterocycles. The molecule has 2 aromatic rings. The number of hydrogen-bond acceptors (Lipinski definition) is 2. The molecule has 0 aliphatic rings. The summed E-state index contributed by atoms with van der Waals surface area (Å²) >= 11 is 2.35. The summed E-state index contributed by atoms with van der Waals surface area (Å²) in [4.78, 5) is 0. The molecule has 0 aliphatic carbocycles. The third kappa shape index (κ3) is 2.85. The predicted octanol–water partition coefficient (Wildman–Crippen LogP) is 3.36. The molecule has 1 heterocycles. The second kappa shape index (κ2) is 5.73. The fourth-order valence-corrected chi connectivity index (χ4v) is 2.31. The van der Waals surface area contributed by atoms with Crippen molar-refractivity contribution < 1.29 is 4.74 Å². The summed E-state index contributed by atoms with van der Waals surface area (Å²) in [5.74, 6) is 0.902. The maximum absolute atomic E-state index is 5.15. The summed E-state index contributed by atoms with van der Waals surface area (Å²) in [6, 6.07) is 8.21. The van der Waals surface area contributed by atoms with Gasteiger partial charge < -0.3 is 4.74 Å². The Morgan fingerprint density at radius 2 is 1.89 bits per heavy atom. The average molecular weight is 356 g/mol. The second-order valence-corrected chi connectivity index (χ2v) is 5.38. The van der Waals surface area contributed by atoms with Gasteiger partial charge in [-0.3, -0.25) is 4.68 Å². The number of ether oxygens (including phenoxy) is 1. The molecule has 0 atom stereocenters. The fourth-order valence-electron chi connectivity index (χ4n) is 1.92. The van der Waals surface area contributed by atoms with Crippen molar-refractivity contribution in [2.45, 2.75) is 26.8 Å². The van der Waals surface area contributed by atoms with Gasteiger partial charge in [0.05, 0.1) is 16.4 Å². The Morgan fingerprint density at radius 3 is 2.39 bits per heavy atom. The number of methoxy groups -OCH3 is 1. The van der Waals surface area contributed by atoms with Crippen molar-refractivity contribution in [2.24, 2.45) is 0 Å². The Morgan fingerprint density at radius 1 is 1.22 bits per heavy atom. The van der Waals surface area contributed by atoms with E-state index >= 15 is 0 Å². The van der Waals surface area contributed by atoms with E-state index in [1.54, 1.807) is 7.11 Å². The minimum atomic E-state index is 0.902. The monoisotopic (exact) mass is 356 g/mol. The van der Waals surface area contributed by atoms with Gasteiger partial charge in [0.2, 0.25) is 0 Å². The van der Waals surface area contributed by atoms with Crippen LogP contribution in [0.1, 0.15) is 17.0 Å². The number of nitrogens with zero attached hydrogens (tertiary/aromatic N) is 2. The van der Waals surface area contributed by atoms with Crippen LogP contribution >= 0.6 is 22.6 Å². The average Bonchev–Trinajstić information content (AvgIpc) is 2.64. The number of aromatic nitrogens is 2. The number of rotatable bonds is 4. The van der Waals surface area contributed by atoms with E-state index in [-0.39, 0.29) is 0 Å². The van der Waals surface area contributed by atoms with E-state index in [9.17, 15) is 0 Å². The van der Waals surface area contributed by atoms with Crippen LogP contribution in [-0.4, -0.2) is 16.9 Å². The van der Waals surface area contributed by atoms with Crippen LogP contribution in [0.4, 0.5) is 0 Å². The van der Waals surface area contributed by atoms with Gasteiger partial charge in [0.1, 0.15) is 5.75 Å². The maximum atomic E-state index is 5.15. The standard InChI is InChI=1S/C14H17IN2O/c1-10-14(15)11(2)17(16-10)9-8-12-4-6-13(18-3)7-5-12/h4-7H,8-9H2,1-3H3. The molecule has 3 nitrogen and oxygen atoms in total. The first kappa shape index (κ1) is 13.4. The van der Waals surface area contributed by atoms with Crippen LogP contribution in [0.15, 0.2) is 24.3 Å². The highest BCUT2D eigenvalue weighted by molar-refractivity contribution is 14.1. The Labute approximate surface area is 121 Å². The zero-order chi connectivity index (χ0) is 13.1. The maximum Gasteiger partial charge on any atom is 0.118 e. The van der Waals surface area contributed by atoms with Gasteiger partial charge in [-0.2, -0.15) is 5.10 Å². The molecule has 1 aromatic carbocycles. The second-order valence-electron chi connectivity index (χ2n) is 4.31. The van der Waals surface area contributed by atoms with E-state index in [4.69, 9.17) is 4.74 Å². The summed E-state index contributed by atoms with van der Waals surface area (Å²) in [7, 11) is 1.69. The molecule has 0 saturated carbocycles. The van der Waals surface area contributed by atoms with Crippen molar-refractivity contribution in [3.8, 4) is 5.75 Å². The molecule has 0 spiro atoms. The minimum Gasteiger partial charge on any atom is -0.497 e. The van der Waals surface area contributed by atoms with Gasteiger partial charge in [0, 0.05) is 12.2 Å². The lowest BCUT2D eigenvalue weighted by Gasteiger charge is -2.06. The molecular weight excluding hydrogens is 339 g/mol. The third-order valence-corrected chi connectivity index (χ3v) is 4.63.